The molecule has 0 saturated carbocycles. The number of rotatable bonds is 5. The highest BCUT2D eigenvalue weighted by molar-refractivity contribution is 5.82. The van der Waals surface area contributed by atoms with Gasteiger partial charge in [0, 0.05) is 19.0 Å². The van der Waals surface area contributed by atoms with Crippen LogP contribution < -0.4 is 5.73 Å². The van der Waals surface area contributed by atoms with E-state index < -0.39 is 11.4 Å². The number of nitrogens with two attached hydrogens (primary N) is 1. The van der Waals surface area contributed by atoms with Crippen molar-refractivity contribution in [3.8, 4) is 0 Å². The summed E-state index contributed by atoms with van der Waals surface area (Å²) in [5, 5.41) is 9.25. The van der Waals surface area contributed by atoms with Gasteiger partial charge in [0.2, 0.25) is 5.91 Å². The Morgan fingerprint density at radius 1 is 1.53 bits per heavy atom. The molecule has 1 saturated heterocycles. The molecule has 0 aromatic rings. The Hall–Kier alpha value is -1.10. The Balaban J connectivity index is 2.66. The number of carboxylic acids is 1. The summed E-state index contributed by atoms with van der Waals surface area (Å²) in [7, 11) is 0. The molecule has 17 heavy (non-hydrogen) atoms. The van der Waals surface area contributed by atoms with Crippen LogP contribution in [0.15, 0.2) is 0 Å². The molecule has 0 bridgehead atoms. The number of hydrogen-bond acceptors (Lipinski definition) is 3. The van der Waals surface area contributed by atoms with Crippen LogP contribution in [0, 0.1) is 11.3 Å². The molecule has 2 atom stereocenters. The third-order valence-corrected chi connectivity index (χ3v) is 3.82. The van der Waals surface area contributed by atoms with Crippen LogP contribution in [0.4, 0.5) is 0 Å². The lowest BCUT2D eigenvalue weighted by atomic mass is 9.84. The molecule has 1 heterocycles. The average Bonchev–Trinajstić information content (AvgIpc) is 2.74. The van der Waals surface area contributed by atoms with E-state index in [0.717, 1.165) is 0 Å². The van der Waals surface area contributed by atoms with Gasteiger partial charge >= 0.3 is 5.97 Å². The lowest BCUT2D eigenvalue weighted by molar-refractivity contribution is -0.148. The number of aliphatic carboxylic acids is 1. The molecule has 1 fully saturated rings. The van der Waals surface area contributed by atoms with Gasteiger partial charge in [0.25, 0.3) is 0 Å². The topological polar surface area (TPSA) is 83.6 Å². The van der Waals surface area contributed by atoms with E-state index >= 15 is 0 Å². The number of carboxylic acid groups (broad SMARTS) is 1. The van der Waals surface area contributed by atoms with Gasteiger partial charge in [-0.25, -0.2) is 0 Å². The first-order valence-electron chi connectivity index (χ1n) is 6.19. The van der Waals surface area contributed by atoms with Crippen molar-refractivity contribution >= 4 is 11.9 Å². The summed E-state index contributed by atoms with van der Waals surface area (Å²) < 4.78 is 0. The van der Waals surface area contributed by atoms with Crippen LogP contribution in [-0.2, 0) is 9.59 Å². The van der Waals surface area contributed by atoms with E-state index in [4.69, 9.17) is 5.73 Å². The standard InChI is InChI=1S/C12H22N2O3/c1-3-12(11(16)17)5-7-14(8-12)10(15)9(2)4-6-13/h9H,3-8,13H2,1-2H3,(H,16,17). The summed E-state index contributed by atoms with van der Waals surface area (Å²) in [6.07, 6.45) is 1.78. The maximum atomic E-state index is 12.0. The van der Waals surface area contributed by atoms with Crippen molar-refractivity contribution in [1.29, 1.82) is 0 Å². The van der Waals surface area contributed by atoms with E-state index in [-0.39, 0.29) is 11.8 Å². The molecule has 0 aliphatic carbocycles. The minimum absolute atomic E-state index is 0.0343. The molecule has 1 amide bonds. The third-order valence-electron chi connectivity index (χ3n) is 3.82. The highest BCUT2D eigenvalue weighted by Crippen LogP contribution is 2.34. The molecule has 0 aromatic heterocycles. The molecule has 98 valence electrons. The van der Waals surface area contributed by atoms with Gasteiger partial charge in [0.05, 0.1) is 5.41 Å². The predicted molar refractivity (Wildman–Crippen MR) is 64.4 cm³/mol. The van der Waals surface area contributed by atoms with Gasteiger partial charge in [-0.3, -0.25) is 9.59 Å². The molecular weight excluding hydrogens is 220 g/mol. The predicted octanol–water partition coefficient (Wildman–Crippen LogP) is 0.685. The first-order valence-corrected chi connectivity index (χ1v) is 6.19. The summed E-state index contributed by atoms with van der Waals surface area (Å²) in [6, 6.07) is 0. The average molecular weight is 242 g/mol. The van der Waals surface area contributed by atoms with Crippen molar-refractivity contribution < 1.29 is 14.7 Å². The molecule has 2 unspecified atom stereocenters. The summed E-state index contributed by atoms with van der Waals surface area (Å²) in [5.41, 5.74) is 4.69. The maximum Gasteiger partial charge on any atom is 0.311 e. The van der Waals surface area contributed by atoms with Gasteiger partial charge in [-0.05, 0) is 25.8 Å². The molecule has 1 aliphatic heterocycles. The Bertz CT molecular complexity index is 306. The number of carbonyl (C=O) groups excluding carboxylic acids is 1. The zero-order valence-electron chi connectivity index (χ0n) is 10.6. The van der Waals surface area contributed by atoms with Crippen LogP contribution in [-0.4, -0.2) is 41.5 Å². The molecule has 1 rings (SSSR count). The summed E-state index contributed by atoms with van der Waals surface area (Å²) in [5.74, 6) is -0.866. The number of carbonyl (C=O) groups is 2. The molecule has 0 radical (unpaired) electrons. The first-order chi connectivity index (χ1) is 7.96. The lowest BCUT2D eigenvalue weighted by Crippen LogP contribution is -2.38. The third kappa shape index (κ3) is 2.77. The highest BCUT2D eigenvalue weighted by Gasteiger charge is 2.45. The Kier molecular flexibility index (Phi) is 4.51. The van der Waals surface area contributed by atoms with Gasteiger partial charge in [-0.1, -0.05) is 13.8 Å². The Labute approximate surface area is 102 Å². The summed E-state index contributed by atoms with van der Waals surface area (Å²) in [6.45, 7) is 5.09. The van der Waals surface area contributed by atoms with Gasteiger partial charge < -0.3 is 15.7 Å². The molecule has 5 nitrogen and oxygen atoms in total. The number of amides is 1. The van der Waals surface area contributed by atoms with Gasteiger partial charge in [-0.15, -0.1) is 0 Å². The summed E-state index contributed by atoms with van der Waals surface area (Å²) in [4.78, 5) is 25.0. The van der Waals surface area contributed by atoms with Crippen molar-refractivity contribution in [2.75, 3.05) is 19.6 Å². The van der Waals surface area contributed by atoms with E-state index in [1.807, 2.05) is 13.8 Å². The largest absolute Gasteiger partial charge is 0.481 e. The molecule has 3 N–H and O–H groups in total. The Morgan fingerprint density at radius 3 is 2.59 bits per heavy atom. The molecule has 0 aromatic carbocycles. The van der Waals surface area contributed by atoms with Gasteiger partial charge in [0.15, 0.2) is 0 Å². The Morgan fingerprint density at radius 2 is 2.18 bits per heavy atom. The van der Waals surface area contributed by atoms with Crippen LogP contribution >= 0.6 is 0 Å². The smallest absolute Gasteiger partial charge is 0.311 e. The van der Waals surface area contributed by atoms with Crippen molar-refractivity contribution in [3.63, 3.8) is 0 Å². The zero-order valence-corrected chi connectivity index (χ0v) is 10.6. The molecule has 0 spiro atoms. The van der Waals surface area contributed by atoms with Crippen molar-refractivity contribution in [1.82, 2.24) is 4.90 Å². The van der Waals surface area contributed by atoms with E-state index in [1.54, 1.807) is 4.90 Å². The quantitative estimate of drug-likeness (QED) is 0.742. The van der Waals surface area contributed by atoms with Crippen LogP contribution in [0.3, 0.4) is 0 Å². The van der Waals surface area contributed by atoms with Crippen molar-refractivity contribution in [3.05, 3.63) is 0 Å². The second kappa shape index (κ2) is 5.49. The summed E-state index contributed by atoms with van der Waals surface area (Å²) >= 11 is 0. The van der Waals surface area contributed by atoms with Crippen LogP contribution in [0.25, 0.3) is 0 Å². The molecule has 1 aliphatic rings. The number of hydrogen-bond donors (Lipinski definition) is 2. The SMILES string of the molecule is CCC1(C(=O)O)CCN(C(=O)C(C)CCN)C1. The van der Waals surface area contributed by atoms with Crippen molar-refractivity contribution in [2.24, 2.45) is 17.1 Å². The second-order valence-corrected chi connectivity index (χ2v) is 4.93. The molecule has 5 heteroatoms. The van der Waals surface area contributed by atoms with Crippen molar-refractivity contribution in [2.45, 2.75) is 33.1 Å². The van der Waals surface area contributed by atoms with Crippen LogP contribution in [0.2, 0.25) is 0 Å². The fourth-order valence-electron chi connectivity index (χ4n) is 2.36. The normalized spacial score (nSPS) is 25.9. The van der Waals surface area contributed by atoms with E-state index in [2.05, 4.69) is 0 Å². The maximum absolute atomic E-state index is 12.0. The zero-order chi connectivity index (χ0) is 13.1. The first kappa shape index (κ1) is 14.0. The molecular formula is C12H22N2O3. The minimum atomic E-state index is -0.790. The second-order valence-electron chi connectivity index (χ2n) is 4.93. The fraction of sp³-hybridized carbons (Fsp3) is 0.833. The van der Waals surface area contributed by atoms with E-state index in [9.17, 15) is 14.7 Å². The van der Waals surface area contributed by atoms with Gasteiger partial charge in [-0.2, -0.15) is 0 Å². The number of likely N-dealkylation sites (tertiary alicyclic amines) is 1. The van der Waals surface area contributed by atoms with Crippen LogP contribution in [0.5, 0.6) is 0 Å². The number of nitrogens with zero attached hydrogens (tertiary/aromatic N) is 1. The van der Waals surface area contributed by atoms with Gasteiger partial charge in [0.1, 0.15) is 0 Å². The highest BCUT2D eigenvalue weighted by atomic mass is 16.4. The van der Waals surface area contributed by atoms with E-state index in [1.165, 1.54) is 0 Å². The monoisotopic (exact) mass is 242 g/mol. The fourth-order valence-corrected chi connectivity index (χ4v) is 2.36. The lowest BCUT2D eigenvalue weighted by Gasteiger charge is -2.24. The van der Waals surface area contributed by atoms with Crippen LogP contribution in [0.1, 0.15) is 33.1 Å². The van der Waals surface area contributed by atoms with E-state index in [0.29, 0.717) is 38.9 Å². The minimum Gasteiger partial charge on any atom is -0.481 e.